The van der Waals surface area contributed by atoms with E-state index in [0.29, 0.717) is 15.8 Å². The molecule has 0 unspecified atom stereocenters. The largest absolute Gasteiger partial charge is 0.256 e. The van der Waals surface area contributed by atoms with Gasteiger partial charge < -0.3 is 0 Å². The van der Waals surface area contributed by atoms with Gasteiger partial charge in [0.25, 0.3) is 0 Å². The van der Waals surface area contributed by atoms with Crippen LogP contribution in [0.3, 0.4) is 0 Å². The molecule has 0 aliphatic rings. The Morgan fingerprint density at radius 3 is 2.54 bits per heavy atom. The van der Waals surface area contributed by atoms with Crippen molar-refractivity contribution < 1.29 is 0 Å². The van der Waals surface area contributed by atoms with Gasteiger partial charge in [0.15, 0.2) is 4.34 Å². The van der Waals surface area contributed by atoms with Crippen LogP contribution < -0.4 is 0 Å². The molecule has 4 rings (SSSR count). The van der Waals surface area contributed by atoms with Gasteiger partial charge in [-0.25, -0.2) is 4.98 Å². The van der Waals surface area contributed by atoms with E-state index in [1.54, 1.807) is 23.1 Å². The van der Waals surface area contributed by atoms with E-state index in [0.717, 1.165) is 35.8 Å². The fourth-order valence-corrected chi connectivity index (χ4v) is 5.64. The Kier molecular flexibility index (Phi) is 6.38. The second kappa shape index (κ2) is 8.97. The number of fused-ring (bicyclic) bond motifs is 1. The van der Waals surface area contributed by atoms with Crippen molar-refractivity contribution in [1.82, 2.24) is 4.98 Å². The predicted octanol–water partition coefficient (Wildman–Crippen LogP) is 8.41. The molecule has 0 spiro atoms. The van der Waals surface area contributed by atoms with E-state index in [1.807, 2.05) is 60.8 Å². The number of nitrogens with zero attached hydrogens (tertiary/aromatic N) is 2. The summed E-state index contributed by atoms with van der Waals surface area (Å²) >= 11 is 19.2. The predicted molar refractivity (Wildman–Crippen MR) is 127 cm³/mol. The van der Waals surface area contributed by atoms with Gasteiger partial charge >= 0.3 is 0 Å². The highest BCUT2D eigenvalue weighted by Gasteiger charge is 2.09. The highest BCUT2D eigenvalue weighted by atomic mass is 79.9. The Balaban J connectivity index is 1.51. The summed E-state index contributed by atoms with van der Waals surface area (Å²) in [6.45, 7) is 0. The van der Waals surface area contributed by atoms with E-state index in [-0.39, 0.29) is 0 Å². The van der Waals surface area contributed by atoms with Crippen LogP contribution in [0.2, 0.25) is 10.0 Å². The van der Waals surface area contributed by atoms with Crippen molar-refractivity contribution in [2.24, 2.45) is 4.99 Å². The van der Waals surface area contributed by atoms with Gasteiger partial charge in [0.2, 0.25) is 0 Å². The quantitative estimate of drug-likeness (QED) is 0.200. The van der Waals surface area contributed by atoms with E-state index in [1.165, 1.54) is 0 Å². The van der Waals surface area contributed by atoms with Gasteiger partial charge in [-0.05, 0) is 53.6 Å². The number of thioether (sulfide) groups is 1. The first-order valence-electron chi connectivity index (χ1n) is 8.34. The van der Waals surface area contributed by atoms with E-state index in [9.17, 15) is 0 Å². The molecule has 7 heteroatoms. The first-order valence-corrected chi connectivity index (χ1v) is 11.7. The van der Waals surface area contributed by atoms with Crippen LogP contribution in [0.15, 0.2) is 74.5 Å². The number of thiazole rings is 1. The smallest absolute Gasteiger partial charge is 0.151 e. The Morgan fingerprint density at radius 2 is 1.79 bits per heavy atom. The monoisotopic (exact) mass is 506 g/mol. The second-order valence-corrected chi connectivity index (χ2v) is 9.91. The third kappa shape index (κ3) is 4.78. The minimum absolute atomic E-state index is 0.686. The molecule has 0 saturated heterocycles. The molecule has 0 aliphatic heterocycles. The van der Waals surface area contributed by atoms with Crippen molar-refractivity contribution in [3.8, 4) is 0 Å². The SMILES string of the molecule is Clc1cccc(Cl)c1CSc1nc2ccc(N=Cc3ccc(Br)cc3)cc2s1. The van der Waals surface area contributed by atoms with Gasteiger partial charge in [-0.1, -0.05) is 69.1 Å². The van der Waals surface area contributed by atoms with Crippen LogP contribution >= 0.6 is 62.2 Å². The normalized spacial score (nSPS) is 11.5. The van der Waals surface area contributed by atoms with Crippen LogP contribution in [0.5, 0.6) is 0 Å². The molecule has 0 fully saturated rings. The average Bonchev–Trinajstić information content (AvgIpc) is 3.09. The first kappa shape index (κ1) is 19.9. The summed E-state index contributed by atoms with van der Waals surface area (Å²) in [6.07, 6.45) is 1.86. The number of hydrogen-bond acceptors (Lipinski definition) is 4. The van der Waals surface area contributed by atoms with Gasteiger partial charge in [0.05, 0.1) is 15.9 Å². The number of hydrogen-bond donors (Lipinski definition) is 0. The zero-order valence-electron chi connectivity index (χ0n) is 14.4. The number of aliphatic imine (C=N–C) groups is 1. The van der Waals surface area contributed by atoms with Crippen molar-refractivity contribution in [2.45, 2.75) is 10.1 Å². The van der Waals surface area contributed by atoms with Gasteiger partial charge in [0.1, 0.15) is 0 Å². The number of benzene rings is 3. The lowest BCUT2D eigenvalue weighted by Gasteiger charge is -2.04. The lowest BCUT2D eigenvalue weighted by atomic mass is 10.2. The van der Waals surface area contributed by atoms with Crippen LogP contribution in [0.25, 0.3) is 10.2 Å². The molecule has 1 heterocycles. The van der Waals surface area contributed by atoms with Gasteiger partial charge in [-0.2, -0.15) is 0 Å². The molecule has 2 nitrogen and oxygen atoms in total. The van der Waals surface area contributed by atoms with Crippen LogP contribution in [0.4, 0.5) is 5.69 Å². The molecule has 0 atom stereocenters. The first-order chi connectivity index (χ1) is 13.6. The van der Waals surface area contributed by atoms with Crippen LogP contribution in [0, 0.1) is 0 Å². The van der Waals surface area contributed by atoms with Crippen molar-refractivity contribution in [1.29, 1.82) is 0 Å². The molecule has 0 amide bonds. The third-order valence-electron chi connectivity index (χ3n) is 3.99. The molecule has 0 aliphatic carbocycles. The van der Waals surface area contributed by atoms with Crippen molar-refractivity contribution in [3.05, 3.63) is 86.3 Å². The number of aromatic nitrogens is 1. The van der Waals surface area contributed by atoms with Crippen molar-refractivity contribution in [2.75, 3.05) is 0 Å². The average molecular weight is 508 g/mol. The summed E-state index contributed by atoms with van der Waals surface area (Å²) < 4.78 is 3.15. The minimum atomic E-state index is 0.686. The van der Waals surface area contributed by atoms with Crippen LogP contribution in [-0.4, -0.2) is 11.2 Å². The second-order valence-electron chi connectivity index (χ2n) is 5.93. The van der Waals surface area contributed by atoms with Crippen LogP contribution in [0.1, 0.15) is 11.1 Å². The maximum atomic E-state index is 6.26. The third-order valence-corrected chi connectivity index (χ3v) is 7.41. The fourth-order valence-electron chi connectivity index (χ4n) is 2.54. The summed E-state index contributed by atoms with van der Waals surface area (Å²) in [6, 6.07) is 19.7. The standard InChI is InChI=1S/C21H13BrCl2N2S2/c22-14-6-4-13(5-7-14)11-25-15-8-9-19-20(10-15)28-21(26-19)27-12-16-17(23)2-1-3-18(16)24/h1-11H,12H2. The molecular weight excluding hydrogens is 495 g/mol. The Hall–Kier alpha value is -1.37. The van der Waals surface area contributed by atoms with E-state index >= 15 is 0 Å². The Morgan fingerprint density at radius 1 is 1.04 bits per heavy atom. The zero-order chi connectivity index (χ0) is 19.5. The maximum absolute atomic E-state index is 6.26. The molecule has 3 aromatic carbocycles. The maximum Gasteiger partial charge on any atom is 0.151 e. The summed E-state index contributed by atoms with van der Waals surface area (Å²) in [5, 5.41) is 1.37. The van der Waals surface area contributed by atoms with Crippen LogP contribution in [-0.2, 0) is 5.75 Å². The molecule has 140 valence electrons. The summed E-state index contributed by atoms with van der Waals surface area (Å²) in [4.78, 5) is 9.27. The van der Waals surface area contributed by atoms with E-state index < -0.39 is 0 Å². The Bertz CT molecular complexity index is 1140. The number of halogens is 3. The topological polar surface area (TPSA) is 25.2 Å². The lowest BCUT2D eigenvalue weighted by Crippen LogP contribution is -1.84. The summed E-state index contributed by atoms with van der Waals surface area (Å²) in [5.74, 6) is 0.687. The molecule has 0 radical (unpaired) electrons. The zero-order valence-corrected chi connectivity index (χ0v) is 19.1. The highest BCUT2D eigenvalue weighted by molar-refractivity contribution is 9.10. The molecule has 28 heavy (non-hydrogen) atoms. The highest BCUT2D eigenvalue weighted by Crippen LogP contribution is 2.36. The molecule has 0 N–H and O–H groups in total. The number of rotatable bonds is 5. The Labute approximate surface area is 189 Å². The molecule has 0 saturated carbocycles. The molecule has 0 bridgehead atoms. The van der Waals surface area contributed by atoms with E-state index in [2.05, 4.69) is 27.0 Å². The minimum Gasteiger partial charge on any atom is -0.256 e. The molecule has 4 aromatic rings. The summed E-state index contributed by atoms with van der Waals surface area (Å²) in [7, 11) is 0. The van der Waals surface area contributed by atoms with E-state index in [4.69, 9.17) is 28.2 Å². The lowest BCUT2D eigenvalue weighted by molar-refractivity contribution is 1.29. The van der Waals surface area contributed by atoms with Gasteiger partial charge in [-0.3, -0.25) is 4.99 Å². The molecular formula is C21H13BrCl2N2S2. The fraction of sp³-hybridized carbons (Fsp3) is 0.0476. The van der Waals surface area contributed by atoms with Gasteiger partial charge in [-0.15, -0.1) is 11.3 Å². The van der Waals surface area contributed by atoms with Gasteiger partial charge in [0, 0.05) is 26.5 Å². The van der Waals surface area contributed by atoms with Crippen molar-refractivity contribution >= 4 is 84.3 Å². The van der Waals surface area contributed by atoms with Crippen molar-refractivity contribution in [3.63, 3.8) is 0 Å². The molecule has 1 aromatic heterocycles. The summed E-state index contributed by atoms with van der Waals surface area (Å²) in [5.41, 5.74) is 3.88.